The number of nitrogens with zero attached hydrogens (tertiary/aromatic N) is 2. The number of phenols is 1. The number of aryl methyl sites for hydroxylation is 2. The average Bonchev–Trinajstić information content (AvgIpc) is 3.45. The molecule has 1 atom stereocenters. The SMILES string of the molecule is CCCOc1ccc(C2c3c(-c4cc(C)cc(C)c4O)n[nH]c3C(=O)N2Cc2ccccc2)cc1OCC. The van der Waals surface area contributed by atoms with Crippen LogP contribution >= 0.6 is 0 Å². The van der Waals surface area contributed by atoms with E-state index < -0.39 is 6.04 Å². The van der Waals surface area contributed by atoms with Crippen LogP contribution in [0.2, 0.25) is 0 Å². The first-order chi connectivity index (χ1) is 18.4. The van der Waals surface area contributed by atoms with Gasteiger partial charge >= 0.3 is 0 Å². The van der Waals surface area contributed by atoms with Gasteiger partial charge in [-0.1, -0.05) is 49.4 Å². The predicted octanol–water partition coefficient (Wildman–Crippen LogP) is 6.33. The first-order valence-electron chi connectivity index (χ1n) is 13.1. The van der Waals surface area contributed by atoms with E-state index >= 15 is 0 Å². The summed E-state index contributed by atoms with van der Waals surface area (Å²) in [6, 6.07) is 19.2. The minimum Gasteiger partial charge on any atom is -0.507 e. The summed E-state index contributed by atoms with van der Waals surface area (Å²) in [4.78, 5) is 15.6. The van der Waals surface area contributed by atoms with Crippen LogP contribution < -0.4 is 9.47 Å². The van der Waals surface area contributed by atoms with Gasteiger partial charge in [0.1, 0.15) is 17.1 Å². The van der Waals surface area contributed by atoms with Gasteiger partial charge in [-0.05, 0) is 67.6 Å². The van der Waals surface area contributed by atoms with Crippen LogP contribution in [0.1, 0.15) is 64.6 Å². The average molecular weight is 512 g/mol. The van der Waals surface area contributed by atoms with Gasteiger partial charge in [-0.15, -0.1) is 0 Å². The standard InChI is InChI=1S/C31H33N3O4/c1-5-14-38-24-13-12-22(17-25(24)37-6-2)29-26-27(23-16-19(3)15-20(4)30(23)35)32-33-28(26)31(36)34(29)18-21-10-8-7-9-11-21/h7-13,15-17,29,35H,5-6,14,18H2,1-4H3,(H,32,33). The Morgan fingerprint density at radius 1 is 1.00 bits per heavy atom. The van der Waals surface area contributed by atoms with E-state index in [1.807, 2.05) is 86.3 Å². The Balaban J connectivity index is 1.68. The molecule has 1 aliphatic heterocycles. The topological polar surface area (TPSA) is 87.7 Å². The number of hydrogen-bond acceptors (Lipinski definition) is 5. The Morgan fingerprint density at radius 2 is 1.79 bits per heavy atom. The van der Waals surface area contributed by atoms with Gasteiger partial charge in [-0.2, -0.15) is 5.10 Å². The summed E-state index contributed by atoms with van der Waals surface area (Å²) >= 11 is 0. The Labute approximate surface area is 223 Å². The number of benzene rings is 3. The van der Waals surface area contributed by atoms with Crippen LogP contribution in [0, 0.1) is 13.8 Å². The van der Waals surface area contributed by atoms with Gasteiger partial charge in [0.2, 0.25) is 0 Å². The molecule has 1 unspecified atom stereocenters. The summed E-state index contributed by atoms with van der Waals surface area (Å²) in [7, 11) is 0. The van der Waals surface area contributed by atoms with Gasteiger partial charge in [0, 0.05) is 17.7 Å². The number of aromatic amines is 1. The van der Waals surface area contributed by atoms with Crippen LogP contribution in [0.5, 0.6) is 17.2 Å². The molecular weight excluding hydrogens is 478 g/mol. The third-order valence-electron chi connectivity index (χ3n) is 6.80. The molecule has 0 fully saturated rings. The maximum absolute atomic E-state index is 13.8. The van der Waals surface area contributed by atoms with Gasteiger partial charge in [-0.3, -0.25) is 9.89 Å². The largest absolute Gasteiger partial charge is 0.507 e. The minimum absolute atomic E-state index is 0.138. The van der Waals surface area contributed by atoms with Crippen LogP contribution in [0.15, 0.2) is 60.7 Å². The minimum atomic E-state index is -0.439. The van der Waals surface area contributed by atoms with Gasteiger partial charge in [0.05, 0.1) is 19.3 Å². The zero-order valence-corrected chi connectivity index (χ0v) is 22.2. The summed E-state index contributed by atoms with van der Waals surface area (Å²) in [5.41, 5.74) is 6.02. The molecular formula is C31H33N3O4. The molecule has 5 rings (SSSR count). The third kappa shape index (κ3) is 4.60. The van der Waals surface area contributed by atoms with Crippen LogP contribution in [-0.2, 0) is 6.54 Å². The lowest BCUT2D eigenvalue weighted by Crippen LogP contribution is -2.29. The molecule has 1 amide bonds. The molecule has 2 heterocycles. The highest BCUT2D eigenvalue weighted by Crippen LogP contribution is 2.47. The van der Waals surface area contributed by atoms with Crippen molar-refractivity contribution in [1.82, 2.24) is 15.1 Å². The Hall–Kier alpha value is -4.26. The monoisotopic (exact) mass is 511 g/mol. The zero-order valence-electron chi connectivity index (χ0n) is 22.2. The molecule has 0 saturated carbocycles. The Morgan fingerprint density at radius 3 is 2.53 bits per heavy atom. The van der Waals surface area contributed by atoms with Gasteiger partial charge in [-0.25, -0.2) is 0 Å². The molecule has 7 nitrogen and oxygen atoms in total. The predicted molar refractivity (Wildman–Crippen MR) is 147 cm³/mol. The fourth-order valence-electron chi connectivity index (χ4n) is 5.13. The second-order valence-electron chi connectivity index (χ2n) is 9.65. The highest BCUT2D eigenvalue weighted by molar-refractivity contribution is 6.00. The van der Waals surface area contributed by atoms with E-state index in [-0.39, 0.29) is 11.7 Å². The maximum Gasteiger partial charge on any atom is 0.273 e. The highest BCUT2D eigenvalue weighted by atomic mass is 16.5. The first kappa shape index (κ1) is 25.4. The quantitative estimate of drug-likeness (QED) is 0.274. The number of rotatable bonds is 9. The van der Waals surface area contributed by atoms with Crippen LogP contribution in [0.4, 0.5) is 0 Å². The normalized spacial score (nSPS) is 14.6. The zero-order chi connectivity index (χ0) is 26.8. The van der Waals surface area contributed by atoms with Crippen LogP contribution in [-0.4, -0.2) is 39.3 Å². The number of hydrogen-bond donors (Lipinski definition) is 2. The van der Waals surface area contributed by atoms with Gasteiger partial charge in [0.15, 0.2) is 11.5 Å². The van der Waals surface area contributed by atoms with Crippen molar-refractivity contribution in [1.29, 1.82) is 0 Å². The van der Waals surface area contributed by atoms with E-state index in [1.165, 1.54) is 0 Å². The number of H-pyrrole nitrogens is 1. The number of ether oxygens (including phenoxy) is 2. The second-order valence-corrected chi connectivity index (χ2v) is 9.65. The van der Waals surface area contributed by atoms with Gasteiger partial charge in [0.25, 0.3) is 5.91 Å². The first-order valence-corrected chi connectivity index (χ1v) is 13.1. The number of carbonyl (C=O) groups is 1. The molecule has 0 bridgehead atoms. The molecule has 0 aliphatic carbocycles. The van der Waals surface area contributed by atoms with E-state index in [0.29, 0.717) is 48.2 Å². The lowest BCUT2D eigenvalue weighted by molar-refractivity contribution is 0.0729. The summed E-state index contributed by atoms with van der Waals surface area (Å²) in [6.45, 7) is 9.34. The molecule has 4 aromatic rings. The number of aromatic nitrogens is 2. The van der Waals surface area contributed by atoms with Crippen molar-refractivity contribution < 1.29 is 19.4 Å². The molecule has 7 heteroatoms. The molecule has 0 radical (unpaired) electrons. The van der Waals surface area contributed by atoms with Crippen molar-refractivity contribution in [3.63, 3.8) is 0 Å². The molecule has 1 aromatic heterocycles. The van der Waals surface area contributed by atoms with Crippen LogP contribution in [0.25, 0.3) is 11.3 Å². The summed E-state index contributed by atoms with van der Waals surface area (Å²) < 4.78 is 11.9. The maximum atomic E-state index is 13.8. The lowest BCUT2D eigenvalue weighted by Gasteiger charge is -2.27. The fourth-order valence-corrected chi connectivity index (χ4v) is 5.13. The third-order valence-corrected chi connectivity index (χ3v) is 6.80. The van der Waals surface area contributed by atoms with E-state index in [2.05, 4.69) is 17.1 Å². The smallest absolute Gasteiger partial charge is 0.273 e. The van der Waals surface area contributed by atoms with Crippen molar-refractivity contribution in [3.8, 4) is 28.5 Å². The van der Waals surface area contributed by atoms with Crippen molar-refractivity contribution in [3.05, 3.63) is 94.2 Å². The summed E-state index contributed by atoms with van der Waals surface area (Å²) in [6.07, 6.45) is 0.885. The van der Waals surface area contributed by atoms with E-state index in [4.69, 9.17) is 9.47 Å². The van der Waals surface area contributed by atoms with Crippen LogP contribution in [0.3, 0.4) is 0 Å². The second kappa shape index (κ2) is 10.6. The number of nitrogens with one attached hydrogen (secondary N) is 1. The number of aromatic hydroxyl groups is 1. The molecule has 0 saturated heterocycles. The van der Waals surface area contributed by atoms with E-state index in [9.17, 15) is 9.90 Å². The number of amides is 1. The summed E-state index contributed by atoms with van der Waals surface area (Å²) in [5, 5.41) is 18.5. The molecule has 38 heavy (non-hydrogen) atoms. The van der Waals surface area contributed by atoms with Crippen molar-refractivity contribution in [2.45, 2.75) is 46.7 Å². The number of carbonyl (C=O) groups excluding carboxylic acids is 1. The van der Waals surface area contributed by atoms with E-state index in [1.54, 1.807) is 0 Å². The molecule has 196 valence electrons. The Bertz CT molecular complexity index is 1460. The Kier molecular flexibility index (Phi) is 7.09. The molecule has 0 spiro atoms. The fraction of sp³-hybridized carbons (Fsp3) is 0.290. The molecule has 2 N–H and O–H groups in total. The van der Waals surface area contributed by atoms with Crippen molar-refractivity contribution >= 4 is 5.91 Å². The number of phenolic OH excluding ortho intramolecular Hbond substituents is 1. The van der Waals surface area contributed by atoms with Gasteiger partial charge < -0.3 is 19.5 Å². The van der Waals surface area contributed by atoms with Crippen molar-refractivity contribution in [2.75, 3.05) is 13.2 Å². The van der Waals surface area contributed by atoms with Crippen molar-refractivity contribution in [2.24, 2.45) is 0 Å². The lowest BCUT2D eigenvalue weighted by atomic mass is 9.93. The molecule has 3 aromatic carbocycles. The summed E-state index contributed by atoms with van der Waals surface area (Å²) in [5.74, 6) is 1.34. The number of fused-ring (bicyclic) bond motifs is 1. The molecule has 1 aliphatic rings. The highest BCUT2D eigenvalue weighted by Gasteiger charge is 2.43. The van der Waals surface area contributed by atoms with E-state index in [0.717, 1.165) is 34.2 Å².